The lowest BCUT2D eigenvalue weighted by atomic mass is 10.0. The smallest absolute Gasteiger partial charge is 0.130 e. The molecule has 0 N–H and O–H groups in total. The zero-order chi connectivity index (χ0) is 21.3. The molecule has 156 valence electrons. The third-order valence-electron chi connectivity index (χ3n) is 5.08. The number of benzene rings is 2. The highest BCUT2D eigenvalue weighted by atomic mass is 32.1. The highest BCUT2D eigenvalue weighted by molar-refractivity contribution is 7.09. The number of fused-ring (bicyclic) bond motifs is 1. The fraction of sp³-hybridized carbons (Fsp3) is 0.304. The van der Waals surface area contributed by atoms with Crippen molar-refractivity contribution in [3.05, 3.63) is 64.0 Å². The number of nitrogens with zero attached hydrogens (tertiary/aromatic N) is 4. The van der Waals surface area contributed by atoms with Gasteiger partial charge in [-0.25, -0.2) is 9.37 Å². The van der Waals surface area contributed by atoms with Crippen molar-refractivity contribution in [3.8, 4) is 16.9 Å². The molecule has 0 fully saturated rings. The van der Waals surface area contributed by atoms with Crippen LogP contribution in [0.25, 0.3) is 22.0 Å². The van der Waals surface area contributed by atoms with Crippen LogP contribution in [0.15, 0.2) is 41.9 Å². The van der Waals surface area contributed by atoms with Gasteiger partial charge in [0.05, 0.1) is 29.0 Å². The molecule has 0 atom stereocenters. The van der Waals surface area contributed by atoms with Crippen LogP contribution >= 0.6 is 11.3 Å². The van der Waals surface area contributed by atoms with E-state index in [-0.39, 0.29) is 5.82 Å². The van der Waals surface area contributed by atoms with Gasteiger partial charge in [0.2, 0.25) is 0 Å². The SMILES string of the molecule is Cc1ncsc1CCOc1cc(F)ccc1-c1ccc2c(c1)c(CN(C)C)nn2C. The molecule has 0 spiro atoms. The van der Waals surface area contributed by atoms with Crippen molar-refractivity contribution < 1.29 is 9.13 Å². The maximum absolute atomic E-state index is 14.0. The van der Waals surface area contributed by atoms with Crippen LogP contribution in [0, 0.1) is 12.7 Å². The fourth-order valence-corrected chi connectivity index (χ4v) is 4.36. The molecule has 4 aromatic rings. The van der Waals surface area contributed by atoms with E-state index in [1.165, 1.54) is 17.0 Å². The van der Waals surface area contributed by atoms with E-state index < -0.39 is 0 Å². The number of ether oxygens (including phenoxy) is 1. The number of halogens is 1. The van der Waals surface area contributed by atoms with Crippen molar-refractivity contribution in [2.75, 3.05) is 20.7 Å². The molecule has 2 heterocycles. The Morgan fingerprint density at radius 2 is 2.00 bits per heavy atom. The molecule has 4 rings (SSSR count). The molecular formula is C23H25FN4OS. The molecule has 0 saturated carbocycles. The fourth-order valence-electron chi connectivity index (χ4n) is 3.60. The van der Waals surface area contributed by atoms with Crippen LogP contribution in [0.3, 0.4) is 0 Å². The number of hydrogen-bond acceptors (Lipinski definition) is 5. The van der Waals surface area contributed by atoms with Gasteiger partial charge < -0.3 is 9.64 Å². The lowest BCUT2D eigenvalue weighted by Crippen LogP contribution is -2.11. The Morgan fingerprint density at radius 3 is 2.73 bits per heavy atom. The van der Waals surface area contributed by atoms with Gasteiger partial charge in [-0.2, -0.15) is 5.10 Å². The molecule has 30 heavy (non-hydrogen) atoms. The van der Waals surface area contributed by atoms with E-state index in [1.807, 2.05) is 44.3 Å². The second kappa shape index (κ2) is 8.53. The van der Waals surface area contributed by atoms with Crippen LogP contribution in [0.5, 0.6) is 5.75 Å². The van der Waals surface area contributed by atoms with E-state index in [1.54, 1.807) is 17.4 Å². The minimum Gasteiger partial charge on any atom is -0.492 e. The largest absolute Gasteiger partial charge is 0.492 e. The van der Waals surface area contributed by atoms with Crippen LogP contribution in [0.1, 0.15) is 16.3 Å². The van der Waals surface area contributed by atoms with Crippen molar-refractivity contribution in [2.45, 2.75) is 19.9 Å². The molecule has 5 nitrogen and oxygen atoms in total. The maximum Gasteiger partial charge on any atom is 0.130 e. The number of aromatic nitrogens is 3. The molecule has 0 aliphatic heterocycles. The minimum atomic E-state index is -0.307. The second-order valence-corrected chi connectivity index (χ2v) is 8.58. The first-order valence-corrected chi connectivity index (χ1v) is 10.7. The van der Waals surface area contributed by atoms with Crippen LogP contribution in [0.4, 0.5) is 4.39 Å². The predicted octanol–water partition coefficient (Wildman–Crippen LogP) is 4.83. The van der Waals surface area contributed by atoms with Gasteiger partial charge in [-0.05, 0) is 50.8 Å². The van der Waals surface area contributed by atoms with Gasteiger partial charge >= 0.3 is 0 Å². The summed E-state index contributed by atoms with van der Waals surface area (Å²) in [7, 11) is 6.01. The summed E-state index contributed by atoms with van der Waals surface area (Å²) in [6, 6.07) is 10.9. The summed E-state index contributed by atoms with van der Waals surface area (Å²) in [5, 5.41) is 5.76. The number of rotatable bonds is 7. The molecule has 0 aliphatic rings. The zero-order valence-electron chi connectivity index (χ0n) is 17.6. The summed E-state index contributed by atoms with van der Waals surface area (Å²) < 4.78 is 21.9. The molecule has 0 saturated heterocycles. The van der Waals surface area contributed by atoms with Crippen molar-refractivity contribution in [2.24, 2.45) is 7.05 Å². The normalized spacial score (nSPS) is 11.5. The summed E-state index contributed by atoms with van der Waals surface area (Å²) in [4.78, 5) is 7.56. The van der Waals surface area contributed by atoms with Crippen molar-refractivity contribution in [1.29, 1.82) is 0 Å². The minimum absolute atomic E-state index is 0.307. The van der Waals surface area contributed by atoms with Crippen LogP contribution in [-0.2, 0) is 20.0 Å². The Hall–Kier alpha value is -2.77. The first-order chi connectivity index (χ1) is 14.4. The summed E-state index contributed by atoms with van der Waals surface area (Å²) in [5.41, 5.74) is 6.81. The average Bonchev–Trinajstić information content (AvgIpc) is 3.24. The second-order valence-electron chi connectivity index (χ2n) is 7.64. The van der Waals surface area contributed by atoms with Crippen LogP contribution < -0.4 is 4.74 Å². The van der Waals surface area contributed by atoms with Gasteiger partial charge in [0.15, 0.2) is 0 Å². The third-order valence-corrected chi connectivity index (χ3v) is 6.07. The quantitative estimate of drug-likeness (QED) is 0.426. The van der Waals surface area contributed by atoms with Gasteiger partial charge in [-0.1, -0.05) is 6.07 Å². The zero-order valence-corrected chi connectivity index (χ0v) is 18.5. The van der Waals surface area contributed by atoms with Gasteiger partial charge in [-0.15, -0.1) is 11.3 Å². The predicted molar refractivity (Wildman–Crippen MR) is 120 cm³/mol. The van der Waals surface area contributed by atoms with E-state index in [0.717, 1.165) is 46.4 Å². The highest BCUT2D eigenvalue weighted by Crippen LogP contribution is 2.34. The highest BCUT2D eigenvalue weighted by Gasteiger charge is 2.14. The molecule has 0 bridgehead atoms. The number of hydrogen-bond donors (Lipinski definition) is 0. The van der Waals surface area contributed by atoms with Gasteiger partial charge in [0, 0.05) is 41.9 Å². The van der Waals surface area contributed by atoms with E-state index in [0.29, 0.717) is 12.4 Å². The Morgan fingerprint density at radius 1 is 1.17 bits per heavy atom. The van der Waals surface area contributed by atoms with E-state index in [2.05, 4.69) is 27.1 Å². The molecule has 2 aromatic heterocycles. The number of aryl methyl sites for hydroxylation is 2. The number of thiazole rings is 1. The van der Waals surface area contributed by atoms with E-state index >= 15 is 0 Å². The maximum atomic E-state index is 14.0. The lowest BCUT2D eigenvalue weighted by molar-refractivity contribution is 0.322. The van der Waals surface area contributed by atoms with Crippen molar-refractivity contribution in [3.63, 3.8) is 0 Å². The molecule has 0 unspecified atom stereocenters. The Kier molecular flexibility index (Phi) is 5.83. The average molecular weight is 425 g/mol. The first-order valence-electron chi connectivity index (χ1n) is 9.84. The summed E-state index contributed by atoms with van der Waals surface area (Å²) >= 11 is 1.62. The lowest BCUT2D eigenvalue weighted by Gasteiger charge is -2.13. The van der Waals surface area contributed by atoms with Crippen molar-refractivity contribution >= 4 is 22.2 Å². The molecule has 0 radical (unpaired) electrons. The Balaban J connectivity index is 1.66. The van der Waals surface area contributed by atoms with Gasteiger partial charge in [0.25, 0.3) is 0 Å². The first kappa shape index (κ1) is 20.5. The Labute approximate surface area is 179 Å². The summed E-state index contributed by atoms with van der Waals surface area (Å²) in [6.45, 7) is 3.22. The van der Waals surface area contributed by atoms with Gasteiger partial charge in [0.1, 0.15) is 11.6 Å². The van der Waals surface area contributed by atoms with E-state index in [4.69, 9.17) is 4.74 Å². The van der Waals surface area contributed by atoms with Crippen LogP contribution in [-0.4, -0.2) is 40.4 Å². The topological polar surface area (TPSA) is 43.2 Å². The third kappa shape index (κ3) is 4.22. The molecule has 0 aliphatic carbocycles. The van der Waals surface area contributed by atoms with Crippen LogP contribution in [0.2, 0.25) is 0 Å². The molecule has 0 amide bonds. The Bertz CT molecular complexity index is 1180. The van der Waals surface area contributed by atoms with E-state index in [9.17, 15) is 4.39 Å². The summed E-state index contributed by atoms with van der Waals surface area (Å²) in [6.07, 6.45) is 0.751. The monoisotopic (exact) mass is 424 g/mol. The van der Waals surface area contributed by atoms with Gasteiger partial charge in [-0.3, -0.25) is 4.68 Å². The van der Waals surface area contributed by atoms with Crippen molar-refractivity contribution in [1.82, 2.24) is 19.7 Å². The molecule has 2 aromatic carbocycles. The standard InChI is InChI=1S/C23H25FN4OS/c1-15-23(30-14-25-15)9-10-29-22-12-17(24)6-7-18(22)16-5-8-21-19(11-16)20(13-27(2)3)26-28(21)4/h5-8,11-12,14H,9-10,13H2,1-4H3. The molecular weight excluding hydrogens is 399 g/mol. The molecule has 7 heteroatoms. The summed E-state index contributed by atoms with van der Waals surface area (Å²) in [5.74, 6) is 0.244.